The molecule has 0 aliphatic rings. The summed E-state index contributed by atoms with van der Waals surface area (Å²) >= 11 is 0. The molecule has 1 amide bonds. The molecular formula is C17H19FN2O. The van der Waals surface area contributed by atoms with Gasteiger partial charge >= 0.3 is 0 Å². The molecule has 4 heteroatoms. The fourth-order valence-corrected chi connectivity index (χ4v) is 1.98. The van der Waals surface area contributed by atoms with Crippen molar-refractivity contribution >= 4 is 17.3 Å². The molecule has 0 radical (unpaired) electrons. The third-order valence-corrected chi connectivity index (χ3v) is 2.90. The molecule has 0 unspecified atom stereocenters. The highest BCUT2D eigenvalue weighted by Crippen LogP contribution is 2.15. The Kier molecular flexibility index (Phi) is 4.93. The topological polar surface area (TPSA) is 41.1 Å². The second-order valence-corrected chi connectivity index (χ2v) is 5.23. The molecule has 0 atom stereocenters. The second kappa shape index (κ2) is 6.88. The van der Waals surface area contributed by atoms with Crippen LogP contribution in [0.1, 0.15) is 19.4 Å². The van der Waals surface area contributed by atoms with Gasteiger partial charge in [-0.15, -0.1) is 0 Å². The molecule has 110 valence electrons. The van der Waals surface area contributed by atoms with Crippen molar-refractivity contribution in [2.75, 3.05) is 10.6 Å². The van der Waals surface area contributed by atoms with Gasteiger partial charge in [0.25, 0.3) is 0 Å². The van der Waals surface area contributed by atoms with Crippen LogP contribution in [0.2, 0.25) is 0 Å². The first kappa shape index (κ1) is 15.0. The van der Waals surface area contributed by atoms with E-state index in [1.165, 1.54) is 12.1 Å². The lowest BCUT2D eigenvalue weighted by Gasteiger charge is -2.11. The van der Waals surface area contributed by atoms with Crippen molar-refractivity contribution in [3.05, 3.63) is 59.9 Å². The molecule has 0 saturated carbocycles. The molecule has 21 heavy (non-hydrogen) atoms. The maximum absolute atomic E-state index is 12.8. The molecule has 0 aromatic heterocycles. The zero-order valence-corrected chi connectivity index (χ0v) is 12.2. The van der Waals surface area contributed by atoms with Crippen molar-refractivity contribution in [3.8, 4) is 0 Å². The summed E-state index contributed by atoms with van der Waals surface area (Å²) in [4.78, 5) is 11.9. The Morgan fingerprint density at radius 2 is 1.57 bits per heavy atom. The van der Waals surface area contributed by atoms with Crippen LogP contribution in [0.5, 0.6) is 0 Å². The van der Waals surface area contributed by atoms with E-state index < -0.39 is 0 Å². The van der Waals surface area contributed by atoms with Crippen LogP contribution in [0.4, 0.5) is 15.8 Å². The summed E-state index contributed by atoms with van der Waals surface area (Å²) in [6.45, 7) is 4.14. The first-order valence-electron chi connectivity index (χ1n) is 6.94. The highest BCUT2D eigenvalue weighted by atomic mass is 19.1. The number of hydrogen-bond donors (Lipinski definition) is 2. The van der Waals surface area contributed by atoms with E-state index >= 15 is 0 Å². The van der Waals surface area contributed by atoms with E-state index in [0.29, 0.717) is 6.04 Å². The fraction of sp³-hybridized carbons (Fsp3) is 0.235. The molecule has 2 rings (SSSR count). The quantitative estimate of drug-likeness (QED) is 0.877. The molecule has 0 saturated heterocycles. The molecule has 0 aliphatic heterocycles. The number of hydrogen-bond acceptors (Lipinski definition) is 2. The highest BCUT2D eigenvalue weighted by Gasteiger charge is 2.04. The molecule has 0 spiro atoms. The number of amides is 1. The van der Waals surface area contributed by atoms with Crippen LogP contribution in [-0.4, -0.2) is 11.9 Å². The standard InChI is InChI=1S/C17H19FN2O/c1-12(2)19-15-7-9-16(10-8-15)20-17(21)11-13-3-5-14(18)6-4-13/h3-10,12,19H,11H2,1-2H3,(H,20,21). The second-order valence-electron chi connectivity index (χ2n) is 5.23. The minimum Gasteiger partial charge on any atom is -0.383 e. The summed E-state index contributed by atoms with van der Waals surface area (Å²) in [5.41, 5.74) is 2.55. The zero-order chi connectivity index (χ0) is 15.2. The van der Waals surface area contributed by atoms with E-state index in [-0.39, 0.29) is 18.1 Å². The van der Waals surface area contributed by atoms with Crippen LogP contribution < -0.4 is 10.6 Å². The molecule has 2 aromatic rings. The van der Waals surface area contributed by atoms with Gasteiger partial charge in [-0.2, -0.15) is 0 Å². The Morgan fingerprint density at radius 1 is 1.00 bits per heavy atom. The number of anilines is 2. The Hall–Kier alpha value is -2.36. The fourth-order valence-electron chi connectivity index (χ4n) is 1.98. The van der Waals surface area contributed by atoms with Gasteiger partial charge in [0.1, 0.15) is 5.82 Å². The normalized spacial score (nSPS) is 10.5. The van der Waals surface area contributed by atoms with E-state index in [1.807, 2.05) is 24.3 Å². The number of carbonyl (C=O) groups is 1. The molecule has 0 heterocycles. The van der Waals surface area contributed by atoms with Gasteiger partial charge in [0.2, 0.25) is 5.91 Å². The van der Waals surface area contributed by atoms with Gasteiger partial charge in [0.15, 0.2) is 0 Å². The highest BCUT2D eigenvalue weighted by molar-refractivity contribution is 5.92. The minimum atomic E-state index is -0.299. The summed E-state index contributed by atoms with van der Waals surface area (Å²) in [6, 6.07) is 13.9. The van der Waals surface area contributed by atoms with E-state index in [1.54, 1.807) is 12.1 Å². The third-order valence-electron chi connectivity index (χ3n) is 2.90. The molecule has 2 aromatic carbocycles. The van der Waals surface area contributed by atoms with Crippen molar-refractivity contribution in [3.63, 3.8) is 0 Å². The smallest absolute Gasteiger partial charge is 0.228 e. The van der Waals surface area contributed by atoms with E-state index in [0.717, 1.165) is 16.9 Å². The van der Waals surface area contributed by atoms with Gasteiger partial charge in [0.05, 0.1) is 6.42 Å². The van der Waals surface area contributed by atoms with Crippen LogP contribution >= 0.6 is 0 Å². The molecule has 0 bridgehead atoms. The Balaban J connectivity index is 1.91. The van der Waals surface area contributed by atoms with Gasteiger partial charge < -0.3 is 10.6 Å². The number of benzene rings is 2. The van der Waals surface area contributed by atoms with Crippen molar-refractivity contribution in [2.24, 2.45) is 0 Å². The number of rotatable bonds is 5. The predicted octanol–water partition coefficient (Wildman–Crippen LogP) is 3.83. The molecule has 3 nitrogen and oxygen atoms in total. The average molecular weight is 286 g/mol. The lowest BCUT2D eigenvalue weighted by Crippen LogP contribution is -2.14. The maximum atomic E-state index is 12.8. The maximum Gasteiger partial charge on any atom is 0.228 e. The van der Waals surface area contributed by atoms with Gasteiger partial charge in [-0.25, -0.2) is 4.39 Å². The number of carbonyl (C=O) groups excluding carboxylic acids is 1. The summed E-state index contributed by atoms with van der Waals surface area (Å²) in [5, 5.41) is 6.11. The van der Waals surface area contributed by atoms with Crippen LogP contribution in [0, 0.1) is 5.82 Å². The van der Waals surface area contributed by atoms with E-state index in [4.69, 9.17) is 0 Å². The molecular weight excluding hydrogens is 267 g/mol. The summed E-state index contributed by atoms with van der Waals surface area (Å²) in [6.07, 6.45) is 0.228. The van der Waals surface area contributed by atoms with Gasteiger partial charge in [-0.3, -0.25) is 4.79 Å². The zero-order valence-electron chi connectivity index (χ0n) is 12.2. The Morgan fingerprint density at radius 3 is 2.14 bits per heavy atom. The molecule has 2 N–H and O–H groups in total. The third kappa shape index (κ3) is 4.91. The van der Waals surface area contributed by atoms with Gasteiger partial charge in [0, 0.05) is 17.4 Å². The Bertz CT molecular complexity index is 591. The predicted molar refractivity (Wildman–Crippen MR) is 83.9 cm³/mol. The number of nitrogens with one attached hydrogen (secondary N) is 2. The first-order chi connectivity index (χ1) is 10.0. The minimum absolute atomic E-state index is 0.119. The van der Waals surface area contributed by atoms with E-state index in [9.17, 15) is 9.18 Å². The average Bonchev–Trinajstić information content (AvgIpc) is 2.43. The lowest BCUT2D eigenvalue weighted by atomic mass is 10.1. The van der Waals surface area contributed by atoms with Crippen molar-refractivity contribution < 1.29 is 9.18 Å². The van der Waals surface area contributed by atoms with E-state index in [2.05, 4.69) is 24.5 Å². The molecule has 0 aliphatic carbocycles. The summed E-state index contributed by atoms with van der Waals surface area (Å²) < 4.78 is 12.8. The van der Waals surface area contributed by atoms with Gasteiger partial charge in [-0.1, -0.05) is 12.1 Å². The van der Waals surface area contributed by atoms with Crippen LogP contribution in [0.15, 0.2) is 48.5 Å². The van der Waals surface area contributed by atoms with Crippen LogP contribution in [-0.2, 0) is 11.2 Å². The lowest BCUT2D eigenvalue weighted by molar-refractivity contribution is -0.115. The largest absolute Gasteiger partial charge is 0.383 e. The van der Waals surface area contributed by atoms with Crippen molar-refractivity contribution in [2.45, 2.75) is 26.3 Å². The Labute approximate surface area is 124 Å². The van der Waals surface area contributed by atoms with Crippen LogP contribution in [0.3, 0.4) is 0 Å². The SMILES string of the molecule is CC(C)Nc1ccc(NC(=O)Cc2ccc(F)cc2)cc1. The first-order valence-corrected chi connectivity index (χ1v) is 6.94. The summed E-state index contributed by atoms with van der Waals surface area (Å²) in [5.74, 6) is -0.418. The monoisotopic (exact) mass is 286 g/mol. The summed E-state index contributed by atoms with van der Waals surface area (Å²) in [7, 11) is 0. The van der Waals surface area contributed by atoms with Crippen molar-refractivity contribution in [1.29, 1.82) is 0 Å². The number of halogens is 1. The van der Waals surface area contributed by atoms with Crippen LogP contribution in [0.25, 0.3) is 0 Å². The van der Waals surface area contributed by atoms with Gasteiger partial charge in [-0.05, 0) is 55.8 Å². The van der Waals surface area contributed by atoms with Crippen molar-refractivity contribution in [1.82, 2.24) is 0 Å². The molecule has 0 fully saturated rings.